The molecule has 1 aliphatic carbocycles. The van der Waals surface area contributed by atoms with Crippen molar-refractivity contribution in [3.63, 3.8) is 0 Å². The Morgan fingerprint density at radius 1 is 1.03 bits per heavy atom. The second kappa shape index (κ2) is 10.3. The average Bonchev–Trinajstić information content (AvgIpc) is 3.09. The molecule has 160 valence electrons. The van der Waals surface area contributed by atoms with E-state index in [0.29, 0.717) is 0 Å². The van der Waals surface area contributed by atoms with Crippen LogP contribution in [0.5, 0.6) is 0 Å². The lowest BCUT2D eigenvalue weighted by Gasteiger charge is -2.17. The van der Waals surface area contributed by atoms with Crippen LogP contribution in [0.15, 0.2) is 48.5 Å². The van der Waals surface area contributed by atoms with Crippen LogP contribution in [0.25, 0.3) is 11.1 Å². The van der Waals surface area contributed by atoms with Crippen molar-refractivity contribution in [2.24, 2.45) is 0 Å². The summed E-state index contributed by atoms with van der Waals surface area (Å²) < 4.78 is 10.1. The number of carboxylic acids is 1. The first-order valence-corrected chi connectivity index (χ1v) is 9.88. The second-order valence-electron chi connectivity index (χ2n) is 7.00. The van der Waals surface area contributed by atoms with E-state index in [-0.39, 0.29) is 31.8 Å². The lowest BCUT2D eigenvalue weighted by atomic mass is 9.98. The smallest absolute Gasteiger partial charge is 0.407 e. The number of carboxylic acid groups (broad SMARTS) is 1. The second-order valence-corrected chi connectivity index (χ2v) is 7.00. The van der Waals surface area contributed by atoms with Crippen LogP contribution in [0.4, 0.5) is 4.79 Å². The van der Waals surface area contributed by atoms with Gasteiger partial charge in [0, 0.05) is 18.8 Å². The highest BCUT2D eigenvalue weighted by Crippen LogP contribution is 2.44. The maximum absolute atomic E-state index is 12.4. The molecule has 3 rings (SSSR count). The van der Waals surface area contributed by atoms with Gasteiger partial charge < -0.3 is 19.9 Å². The van der Waals surface area contributed by atoms with Gasteiger partial charge in [-0.1, -0.05) is 48.5 Å². The number of ether oxygens (including phenoxy) is 2. The summed E-state index contributed by atoms with van der Waals surface area (Å²) in [7, 11) is 1.21. The van der Waals surface area contributed by atoms with Crippen LogP contribution in [0.3, 0.4) is 0 Å². The van der Waals surface area contributed by atoms with Crippen molar-refractivity contribution >= 4 is 18.0 Å². The van der Waals surface area contributed by atoms with Gasteiger partial charge in [0.2, 0.25) is 0 Å². The van der Waals surface area contributed by atoms with Crippen molar-refractivity contribution in [2.75, 3.05) is 13.7 Å². The number of fused-ring (bicyclic) bond motifs is 3. The molecular formula is C24H23NO6. The quantitative estimate of drug-likeness (QED) is 0.525. The van der Waals surface area contributed by atoms with Gasteiger partial charge in [-0.05, 0) is 22.3 Å². The molecule has 0 saturated heterocycles. The van der Waals surface area contributed by atoms with Crippen LogP contribution in [-0.4, -0.2) is 42.9 Å². The Bertz CT molecular complexity index is 990. The van der Waals surface area contributed by atoms with Crippen molar-refractivity contribution < 1.29 is 29.0 Å². The van der Waals surface area contributed by atoms with Crippen LogP contribution in [0, 0.1) is 11.8 Å². The standard InChI is InChI=1S/C24H23NO6/c1-30-23(28)21(13-3-2-4-14-22(26)27)25-24(29)31-15-20-18-11-7-5-9-16(18)17-10-6-8-12-19(17)20/h5-12,20-21H,4,13-15H2,1H3,(H,25,29)(H,26,27)/t21-/m0/s1. The predicted octanol–water partition coefficient (Wildman–Crippen LogP) is 3.33. The minimum atomic E-state index is -1.00. The Kier molecular flexibility index (Phi) is 7.28. The molecule has 0 heterocycles. The number of hydrogen-bond donors (Lipinski definition) is 2. The number of methoxy groups -OCH3 is 1. The Balaban J connectivity index is 1.61. The number of esters is 1. The van der Waals surface area contributed by atoms with Gasteiger partial charge in [-0.2, -0.15) is 0 Å². The number of nitrogens with one attached hydrogen (secondary N) is 1. The van der Waals surface area contributed by atoms with Crippen LogP contribution in [0.2, 0.25) is 0 Å². The fraction of sp³-hybridized carbons (Fsp3) is 0.292. The van der Waals surface area contributed by atoms with E-state index in [9.17, 15) is 14.4 Å². The molecule has 2 aromatic rings. The molecule has 0 aromatic heterocycles. The molecule has 1 aliphatic rings. The molecular weight excluding hydrogens is 398 g/mol. The minimum absolute atomic E-state index is 0.00348. The van der Waals surface area contributed by atoms with E-state index in [0.717, 1.165) is 22.3 Å². The van der Waals surface area contributed by atoms with Gasteiger partial charge in [0.05, 0.1) is 13.5 Å². The van der Waals surface area contributed by atoms with Gasteiger partial charge in [-0.25, -0.2) is 9.59 Å². The number of carbonyl (C=O) groups is 3. The van der Waals surface area contributed by atoms with Crippen LogP contribution in [-0.2, 0) is 19.1 Å². The number of aliphatic carboxylic acids is 1. The zero-order valence-electron chi connectivity index (χ0n) is 17.1. The third-order valence-electron chi connectivity index (χ3n) is 5.02. The van der Waals surface area contributed by atoms with Gasteiger partial charge in [0.1, 0.15) is 12.6 Å². The zero-order chi connectivity index (χ0) is 22.2. The Morgan fingerprint density at radius 2 is 1.65 bits per heavy atom. The highest BCUT2D eigenvalue weighted by molar-refractivity contribution is 5.82. The van der Waals surface area contributed by atoms with E-state index in [4.69, 9.17) is 14.6 Å². The van der Waals surface area contributed by atoms with Gasteiger partial charge in [0.25, 0.3) is 0 Å². The fourth-order valence-corrected chi connectivity index (χ4v) is 3.55. The largest absolute Gasteiger partial charge is 0.481 e. The van der Waals surface area contributed by atoms with E-state index in [1.807, 2.05) is 48.5 Å². The zero-order valence-corrected chi connectivity index (χ0v) is 17.1. The van der Waals surface area contributed by atoms with Crippen molar-refractivity contribution in [3.05, 3.63) is 59.7 Å². The van der Waals surface area contributed by atoms with Crippen LogP contribution >= 0.6 is 0 Å². The van der Waals surface area contributed by atoms with E-state index in [1.165, 1.54) is 7.11 Å². The maximum atomic E-state index is 12.4. The topological polar surface area (TPSA) is 102 Å². The number of hydrogen-bond acceptors (Lipinski definition) is 5. The molecule has 7 heteroatoms. The fourth-order valence-electron chi connectivity index (χ4n) is 3.55. The van der Waals surface area contributed by atoms with Gasteiger partial charge in [-0.15, -0.1) is 11.8 Å². The number of alkyl carbamates (subject to hydrolysis) is 1. The molecule has 2 aromatic carbocycles. The molecule has 0 saturated carbocycles. The highest BCUT2D eigenvalue weighted by Gasteiger charge is 2.29. The average molecular weight is 421 g/mol. The summed E-state index contributed by atoms with van der Waals surface area (Å²) in [5.41, 5.74) is 4.42. The lowest BCUT2D eigenvalue weighted by molar-refractivity contribution is -0.143. The summed E-state index contributed by atoms with van der Waals surface area (Å²) in [4.78, 5) is 34.8. The van der Waals surface area contributed by atoms with Gasteiger partial charge in [0.15, 0.2) is 0 Å². The SMILES string of the molecule is COC(=O)[C@H](CC#CCCC(=O)O)NC(=O)OCC1c2ccccc2-c2ccccc21. The third kappa shape index (κ3) is 5.43. The first-order valence-electron chi connectivity index (χ1n) is 9.88. The Morgan fingerprint density at radius 3 is 2.23 bits per heavy atom. The molecule has 1 amide bonds. The summed E-state index contributed by atoms with van der Waals surface area (Å²) in [6, 6.07) is 15.0. The molecule has 31 heavy (non-hydrogen) atoms. The number of amides is 1. The monoisotopic (exact) mass is 421 g/mol. The molecule has 7 nitrogen and oxygen atoms in total. The molecule has 0 spiro atoms. The highest BCUT2D eigenvalue weighted by atomic mass is 16.6. The Hall–Kier alpha value is -3.79. The summed E-state index contributed by atoms with van der Waals surface area (Å²) >= 11 is 0. The van der Waals surface area contributed by atoms with Crippen LogP contribution < -0.4 is 5.32 Å². The molecule has 0 unspecified atom stereocenters. The van der Waals surface area contributed by atoms with E-state index < -0.39 is 24.1 Å². The maximum Gasteiger partial charge on any atom is 0.407 e. The number of rotatable bonds is 7. The van der Waals surface area contributed by atoms with E-state index in [1.54, 1.807) is 0 Å². The number of benzene rings is 2. The van der Waals surface area contributed by atoms with E-state index in [2.05, 4.69) is 17.2 Å². The lowest BCUT2D eigenvalue weighted by Crippen LogP contribution is -2.41. The van der Waals surface area contributed by atoms with E-state index >= 15 is 0 Å². The Labute approximate surface area is 180 Å². The molecule has 1 atom stereocenters. The summed E-state index contributed by atoms with van der Waals surface area (Å²) in [5, 5.41) is 11.1. The van der Waals surface area contributed by atoms with Gasteiger partial charge >= 0.3 is 18.0 Å². The molecule has 0 fully saturated rings. The third-order valence-corrected chi connectivity index (χ3v) is 5.02. The van der Waals surface area contributed by atoms with Crippen molar-refractivity contribution in [1.29, 1.82) is 0 Å². The van der Waals surface area contributed by atoms with Gasteiger partial charge in [-0.3, -0.25) is 4.79 Å². The summed E-state index contributed by atoms with van der Waals surface area (Å²) in [6.45, 7) is 0.123. The minimum Gasteiger partial charge on any atom is -0.481 e. The van der Waals surface area contributed by atoms with Crippen LogP contribution in [0.1, 0.15) is 36.3 Å². The normalized spacial score (nSPS) is 12.5. The molecule has 0 bridgehead atoms. The summed E-state index contributed by atoms with van der Waals surface area (Å²) in [5.74, 6) is 3.68. The molecule has 0 aliphatic heterocycles. The predicted molar refractivity (Wildman–Crippen MR) is 113 cm³/mol. The van der Waals surface area contributed by atoms with Crippen molar-refractivity contribution in [3.8, 4) is 23.0 Å². The molecule has 2 N–H and O–H groups in total. The molecule has 0 radical (unpaired) electrons. The van der Waals surface area contributed by atoms with Crippen molar-refractivity contribution in [2.45, 2.75) is 31.2 Å². The first kappa shape index (κ1) is 21.9. The number of carbonyl (C=O) groups excluding carboxylic acids is 2. The summed E-state index contributed by atoms with van der Waals surface area (Å²) in [6.07, 6.45) is -0.676. The first-order chi connectivity index (χ1) is 15.0. The van der Waals surface area contributed by atoms with Crippen molar-refractivity contribution in [1.82, 2.24) is 5.32 Å².